The number of rotatable bonds is 3. The fourth-order valence-corrected chi connectivity index (χ4v) is 3.37. The quantitative estimate of drug-likeness (QED) is 0.466. The van der Waals surface area contributed by atoms with Gasteiger partial charge >= 0.3 is 0 Å². The molecular weight excluding hydrogens is 364 g/mol. The molecule has 0 unspecified atom stereocenters. The van der Waals surface area contributed by atoms with Gasteiger partial charge in [0.2, 0.25) is 5.95 Å². The fraction of sp³-hybridized carbons (Fsp3) is 0.105. The number of fused-ring (bicyclic) bond motifs is 1. The molecule has 7 nitrogen and oxygen atoms in total. The van der Waals surface area contributed by atoms with Crippen molar-refractivity contribution in [3.63, 3.8) is 0 Å². The molecule has 0 saturated heterocycles. The second-order valence-corrected chi connectivity index (χ2v) is 6.48. The van der Waals surface area contributed by atoms with Gasteiger partial charge in [0.1, 0.15) is 11.3 Å². The number of imidazole rings is 1. The zero-order valence-electron chi connectivity index (χ0n) is 14.5. The van der Waals surface area contributed by atoms with Crippen molar-refractivity contribution in [2.45, 2.75) is 13.3 Å². The Labute approximate surface area is 160 Å². The molecule has 136 valence electrons. The van der Waals surface area contributed by atoms with Gasteiger partial charge in [-0.05, 0) is 36.2 Å². The molecule has 27 heavy (non-hydrogen) atoms. The zero-order chi connectivity index (χ0) is 19.1. The molecule has 8 heteroatoms. The standard InChI is InChI=1S/C19H17ClN6O/c1-2-13-16(17(21)25-19(22)24-13)10-7-8-14-15(9-10)26(27)18(23-14)11-5-3-4-6-12(11)20/h3-9,27H,2H2,1H3,(H4,21,22,24,25). The van der Waals surface area contributed by atoms with Gasteiger partial charge in [0.25, 0.3) is 0 Å². The summed E-state index contributed by atoms with van der Waals surface area (Å²) in [5.41, 5.74) is 15.8. The first-order valence-electron chi connectivity index (χ1n) is 8.38. The Morgan fingerprint density at radius 1 is 1.07 bits per heavy atom. The molecule has 2 aromatic heterocycles. The monoisotopic (exact) mass is 380 g/mol. The van der Waals surface area contributed by atoms with E-state index in [1.54, 1.807) is 18.2 Å². The molecule has 5 N–H and O–H groups in total. The summed E-state index contributed by atoms with van der Waals surface area (Å²) < 4.78 is 1.03. The maximum atomic E-state index is 10.7. The van der Waals surface area contributed by atoms with Gasteiger partial charge in [-0.15, -0.1) is 0 Å². The van der Waals surface area contributed by atoms with Crippen LogP contribution in [0.1, 0.15) is 12.6 Å². The van der Waals surface area contributed by atoms with Crippen LogP contribution in [0.5, 0.6) is 0 Å². The van der Waals surface area contributed by atoms with Crippen molar-refractivity contribution < 1.29 is 5.21 Å². The van der Waals surface area contributed by atoms with Crippen molar-refractivity contribution in [1.82, 2.24) is 19.7 Å². The van der Waals surface area contributed by atoms with Crippen molar-refractivity contribution in [2.75, 3.05) is 11.5 Å². The molecule has 0 spiro atoms. The first-order chi connectivity index (χ1) is 13.0. The maximum absolute atomic E-state index is 10.7. The number of nitrogens with zero attached hydrogens (tertiary/aromatic N) is 4. The highest BCUT2D eigenvalue weighted by Crippen LogP contribution is 2.33. The number of benzene rings is 2. The summed E-state index contributed by atoms with van der Waals surface area (Å²) in [6, 6.07) is 12.7. The fourth-order valence-electron chi connectivity index (χ4n) is 3.15. The minimum atomic E-state index is 0.141. The molecular formula is C19H17ClN6O. The van der Waals surface area contributed by atoms with Gasteiger partial charge in [-0.3, -0.25) is 0 Å². The Morgan fingerprint density at radius 2 is 1.85 bits per heavy atom. The van der Waals surface area contributed by atoms with Gasteiger partial charge in [0.15, 0.2) is 5.82 Å². The predicted octanol–water partition coefficient (Wildman–Crippen LogP) is 3.78. The van der Waals surface area contributed by atoms with E-state index in [1.165, 1.54) is 0 Å². The van der Waals surface area contributed by atoms with E-state index >= 15 is 0 Å². The molecule has 4 rings (SSSR count). The smallest absolute Gasteiger partial charge is 0.222 e. The van der Waals surface area contributed by atoms with E-state index in [4.69, 9.17) is 23.1 Å². The Hall–Kier alpha value is -3.32. The van der Waals surface area contributed by atoms with Crippen molar-refractivity contribution in [1.29, 1.82) is 0 Å². The van der Waals surface area contributed by atoms with Crippen LogP contribution in [0.15, 0.2) is 42.5 Å². The molecule has 4 aromatic rings. The van der Waals surface area contributed by atoms with E-state index < -0.39 is 0 Å². The highest BCUT2D eigenvalue weighted by molar-refractivity contribution is 6.33. The normalized spacial score (nSPS) is 11.2. The molecule has 0 aliphatic carbocycles. The minimum absolute atomic E-state index is 0.141. The van der Waals surface area contributed by atoms with E-state index in [9.17, 15) is 5.21 Å². The first-order valence-corrected chi connectivity index (χ1v) is 8.76. The van der Waals surface area contributed by atoms with Gasteiger partial charge in [-0.1, -0.05) is 36.7 Å². The third-order valence-corrected chi connectivity index (χ3v) is 4.73. The number of aromatic nitrogens is 4. The van der Waals surface area contributed by atoms with E-state index in [1.807, 2.05) is 31.2 Å². The van der Waals surface area contributed by atoms with Crippen LogP contribution < -0.4 is 11.5 Å². The average Bonchev–Trinajstić information content (AvgIpc) is 2.97. The second kappa shape index (κ2) is 6.44. The summed E-state index contributed by atoms with van der Waals surface area (Å²) in [5, 5.41) is 11.2. The minimum Gasteiger partial charge on any atom is -0.426 e. The lowest BCUT2D eigenvalue weighted by Crippen LogP contribution is -2.06. The molecule has 2 aromatic carbocycles. The Balaban J connectivity index is 1.92. The van der Waals surface area contributed by atoms with Gasteiger partial charge in [-0.25, -0.2) is 9.97 Å². The number of hydrogen-bond acceptors (Lipinski definition) is 6. The number of hydrogen-bond donors (Lipinski definition) is 3. The highest BCUT2D eigenvalue weighted by Gasteiger charge is 2.17. The molecule has 2 heterocycles. The molecule has 0 amide bonds. The number of aryl methyl sites for hydroxylation is 1. The van der Waals surface area contributed by atoms with Crippen molar-refractivity contribution >= 4 is 34.4 Å². The SMILES string of the molecule is CCc1nc(N)nc(N)c1-c1ccc2nc(-c3ccccc3Cl)n(O)c2c1. The van der Waals surface area contributed by atoms with Crippen LogP contribution >= 0.6 is 11.6 Å². The highest BCUT2D eigenvalue weighted by atomic mass is 35.5. The van der Waals surface area contributed by atoms with Crippen LogP contribution in [-0.4, -0.2) is 24.9 Å². The van der Waals surface area contributed by atoms with Gasteiger partial charge < -0.3 is 16.7 Å². The number of halogens is 1. The lowest BCUT2D eigenvalue weighted by Gasteiger charge is -2.11. The van der Waals surface area contributed by atoms with Crippen LogP contribution in [0.2, 0.25) is 5.02 Å². The largest absolute Gasteiger partial charge is 0.426 e. The number of nitrogens with two attached hydrogens (primary N) is 2. The summed E-state index contributed by atoms with van der Waals surface area (Å²) in [5.74, 6) is 0.807. The Morgan fingerprint density at radius 3 is 2.59 bits per heavy atom. The summed E-state index contributed by atoms with van der Waals surface area (Å²) in [7, 11) is 0. The third kappa shape index (κ3) is 2.82. The van der Waals surface area contributed by atoms with Crippen LogP contribution in [-0.2, 0) is 6.42 Å². The van der Waals surface area contributed by atoms with Gasteiger partial charge in [-0.2, -0.15) is 9.71 Å². The van der Waals surface area contributed by atoms with Crippen LogP contribution in [0, 0.1) is 0 Å². The average molecular weight is 381 g/mol. The second-order valence-electron chi connectivity index (χ2n) is 6.07. The van der Waals surface area contributed by atoms with E-state index in [2.05, 4.69) is 15.0 Å². The molecule has 0 radical (unpaired) electrons. The summed E-state index contributed by atoms with van der Waals surface area (Å²) in [6.07, 6.45) is 0.646. The van der Waals surface area contributed by atoms with Crippen LogP contribution in [0.3, 0.4) is 0 Å². The first kappa shape index (κ1) is 17.1. The zero-order valence-corrected chi connectivity index (χ0v) is 15.3. The summed E-state index contributed by atoms with van der Waals surface area (Å²) >= 11 is 6.25. The Bertz CT molecular complexity index is 1170. The Kier molecular flexibility index (Phi) is 4.08. The number of nitrogen functional groups attached to an aromatic ring is 2. The molecule has 0 aliphatic rings. The predicted molar refractivity (Wildman–Crippen MR) is 107 cm³/mol. The van der Waals surface area contributed by atoms with Crippen molar-refractivity contribution in [3.8, 4) is 22.5 Å². The van der Waals surface area contributed by atoms with Crippen LogP contribution in [0.4, 0.5) is 11.8 Å². The molecule has 0 aliphatic heterocycles. The molecule has 0 saturated carbocycles. The van der Waals surface area contributed by atoms with E-state index in [-0.39, 0.29) is 5.95 Å². The summed E-state index contributed by atoms with van der Waals surface area (Å²) in [4.78, 5) is 12.9. The molecule has 0 bridgehead atoms. The van der Waals surface area contributed by atoms with Gasteiger partial charge in [0, 0.05) is 11.1 Å². The third-order valence-electron chi connectivity index (χ3n) is 4.40. The maximum Gasteiger partial charge on any atom is 0.222 e. The van der Waals surface area contributed by atoms with Crippen LogP contribution in [0.25, 0.3) is 33.5 Å². The number of anilines is 2. The molecule has 0 fully saturated rings. The lowest BCUT2D eigenvalue weighted by atomic mass is 10.0. The van der Waals surface area contributed by atoms with Crippen molar-refractivity contribution in [3.05, 3.63) is 53.2 Å². The van der Waals surface area contributed by atoms with Gasteiger partial charge in [0.05, 0.1) is 16.2 Å². The lowest BCUT2D eigenvalue weighted by molar-refractivity contribution is 0.203. The van der Waals surface area contributed by atoms with E-state index in [0.717, 1.165) is 16.0 Å². The topological polar surface area (TPSA) is 116 Å². The van der Waals surface area contributed by atoms with Crippen molar-refractivity contribution in [2.24, 2.45) is 0 Å². The summed E-state index contributed by atoms with van der Waals surface area (Å²) in [6.45, 7) is 1.97. The molecule has 0 atom stereocenters. The van der Waals surface area contributed by atoms with E-state index in [0.29, 0.717) is 45.2 Å².